The molecule has 1 N–H and O–H groups in total. The highest BCUT2D eigenvalue weighted by Gasteiger charge is 2.06. The number of hydrogen-bond acceptors (Lipinski definition) is 3. The molecule has 5 heteroatoms. The highest BCUT2D eigenvalue weighted by Crippen LogP contribution is 2.25. The van der Waals surface area contributed by atoms with Crippen LogP contribution in [0.4, 0.5) is 0 Å². The van der Waals surface area contributed by atoms with Gasteiger partial charge >= 0.3 is 0 Å². The second-order valence-corrected chi connectivity index (χ2v) is 4.42. The predicted molar refractivity (Wildman–Crippen MR) is 74.2 cm³/mol. The second kappa shape index (κ2) is 4.82. The van der Waals surface area contributed by atoms with Gasteiger partial charge < -0.3 is 14.5 Å². The highest BCUT2D eigenvalue weighted by molar-refractivity contribution is 6.30. The van der Waals surface area contributed by atoms with Crippen LogP contribution in [0.15, 0.2) is 42.5 Å². The normalized spacial score (nSPS) is 10.6. The van der Waals surface area contributed by atoms with Crippen LogP contribution in [0.1, 0.15) is 0 Å². The van der Waals surface area contributed by atoms with Crippen molar-refractivity contribution in [3.63, 3.8) is 0 Å². The molecule has 4 nitrogen and oxygen atoms in total. The predicted octanol–water partition coefficient (Wildman–Crippen LogP) is 4.02. The molecular weight excluding hydrogens is 264 g/mol. The van der Waals surface area contributed by atoms with Gasteiger partial charge in [-0.2, -0.15) is 4.98 Å². The van der Waals surface area contributed by atoms with Gasteiger partial charge in [-0.15, -0.1) is 0 Å². The zero-order chi connectivity index (χ0) is 13.2. The number of hydrogen-bond donors (Lipinski definition) is 1. The van der Waals surface area contributed by atoms with Gasteiger partial charge in [-0.05, 0) is 36.4 Å². The number of nitrogens with one attached hydrogen (secondary N) is 1. The SMILES string of the molecule is COc1ccc2nc(Oc3ccc(Cl)cc3)[nH]c2c1. The zero-order valence-electron chi connectivity index (χ0n) is 10.2. The van der Waals surface area contributed by atoms with E-state index in [1.807, 2.05) is 18.2 Å². The number of nitrogens with zero attached hydrogens (tertiary/aromatic N) is 1. The first-order valence-electron chi connectivity index (χ1n) is 5.72. The van der Waals surface area contributed by atoms with E-state index >= 15 is 0 Å². The van der Waals surface area contributed by atoms with E-state index in [-0.39, 0.29) is 0 Å². The molecule has 0 aliphatic heterocycles. The Morgan fingerprint density at radius 2 is 1.79 bits per heavy atom. The number of benzene rings is 2. The standard InChI is InChI=1S/C14H11ClN2O2/c1-18-11-6-7-12-13(8-11)17-14(16-12)19-10-4-2-9(15)3-5-10/h2-8H,1H3,(H,16,17). The average molecular weight is 275 g/mol. The van der Waals surface area contributed by atoms with Crippen LogP contribution in [0, 0.1) is 0 Å². The molecule has 0 spiro atoms. The molecule has 0 unspecified atom stereocenters. The number of halogens is 1. The van der Waals surface area contributed by atoms with Crippen LogP contribution in [0.25, 0.3) is 11.0 Å². The van der Waals surface area contributed by atoms with Crippen molar-refractivity contribution < 1.29 is 9.47 Å². The Labute approximate surface area is 114 Å². The minimum Gasteiger partial charge on any atom is -0.497 e. The summed E-state index contributed by atoms with van der Waals surface area (Å²) in [5.74, 6) is 1.45. The first-order chi connectivity index (χ1) is 9.24. The Bertz CT molecular complexity index is 707. The first-order valence-corrected chi connectivity index (χ1v) is 6.09. The minimum absolute atomic E-state index is 0.436. The van der Waals surface area contributed by atoms with Crippen LogP contribution in [-0.4, -0.2) is 17.1 Å². The third-order valence-corrected chi connectivity index (χ3v) is 2.95. The van der Waals surface area contributed by atoms with Gasteiger partial charge in [0.05, 0.1) is 18.1 Å². The van der Waals surface area contributed by atoms with Crippen molar-refractivity contribution in [3.05, 3.63) is 47.5 Å². The fourth-order valence-corrected chi connectivity index (χ4v) is 1.88. The van der Waals surface area contributed by atoms with E-state index < -0.39 is 0 Å². The molecule has 3 aromatic rings. The summed E-state index contributed by atoms with van der Waals surface area (Å²) in [7, 11) is 1.63. The van der Waals surface area contributed by atoms with Crippen LogP contribution in [0.2, 0.25) is 5.02 Å². The van der Waals surface area contributed by atoms with E-state index in [4.69, 9.17) is 21.1 Å². The lowest BCUT2D eigenvalue weighted by Gasteiger charge is -2.00. The van der Waals surface area contributed by atoms with Gasteiger partial charge in [-0.1, -0.05) is 11.6 Å². The zero-order valence-corrected chi connectivity index (χ0v) is 10.9. The summed E-state index contributed by atoms with van der Waals surface area (Å²) in [5.41, 5.74) is 1.69. The minimum atomic E-state index is 0.436. The van der Waals surface area contributed by atoms with E-state index in [9.17, 15) is 0 Å². The Morgan fingerprint density at radius 3 is 2.53 bits per heavy atom. The molecule has 0 bridgehead atoms. The molecule has 0 aliphatic rings. The fourth-order valence-electron chi connectivity index (χ4n) is 1.75. The molecule has 0 atom stereocenters. The smallest absolute Gasteiger partial charge is 0.300 e. The number of aromatic nitrogens is 2. The highest BCUT2D eigenvalue weighted by atomic mass is 35.5. The maximum atomic E-state index is 5.82. The molecule has 1 aromatic heterocycles. The van der Waals surface area contributed by atoms with E-state index in [1.54, 1.807) is 31.4 Å². The molecule has 96 valence electrons. The Balaban J connectivity index is 1.90. The van der Waals surface area contributed by atoms with Gasteiger partial charge in [0.1, 0.15) is 11.5 Å². The summed E-state index contributed by atoms with van der Waals surface area (Å²) in [6.45, 7) is 0. The lowest BCUT2D eigenvalue weighted by atomic mass is 10.3. The van der Waals surface area contributed by atoms with Crippen molar-refractivity contribution in [2.75, 3.05) is 7.11 Å². The van der Waals surface area contributed by atoms with Crippen molar-refractivity contribution in [3.8, 4) is 17.5 Å². The maximum Gasteiger partial charge on any atom is 0.300 e. The topological polar surface area (TPSA) is 47.1 Å². The number of aromatic amines is 1. The molecule has 0 amide bonds. The summed E-state index contributed by atoms with van der Waals surface area (Å²) < 4.78 is 10.8. The number of rotatable bonds is 3. The van der Waals surface area contributed by atoms with Crippen LogP contribution in [-0.2, 0) is 0 Å². The monoisotopic (exact) mass is 274 g/mol. The largest absolute Gasteiger partial charge is 0.497 e. The van der Waals surface area contributed by atoms with E-state index in [0.717, 1.165) is 16.8 Å². The van der Waals surface area contributed by atoms with E-state index in [2.05, 4.69) is 9.97 Å². The van der Waals surface area contributed by atoms with Gasteiger partial charge in [0, 0.05) is 11.1 Å². The van der Waals surface area contributed by atoms with Crippen molar-refractivity contribution in [1.29, 1.82) is 0 Å². The first kappa shape index (κ1) is 11.9. The molecule has 19 heavy (non-hydrogen) atoms. The number of ether oxygens (including phenoxy) is 2. The summed E-state index contributed by atoms with van der Waals surface area (Å²) in [5, 5.41) is 0.668. The molecule has 0 saturated heterocycles. The second-order valence-electron chi connectivity index (χ2n) is 3.98. The molecular formula is C14H11ClN2O2. The number of imidazole rings is 1. The van der Waals surface area contributed by atoms with Crippen molar-refractivity contribution in [2.24, 2.45) is 0 Å². The molecule has 0 fully saturated rings. The Morgan fingerprint density at radius 1 is 1.05 bits per heavy atom. The summed E-state index contributed by atoms with van der Waals surface area (Å²) in [6, 6.07) is 13.1. The van der Waals surface area contributed by atoms with Crippen LogP contribution in [0.5, 0.6) is 17.5 Å². The third kappa shape index (κ3) is 2.48. The molecule has 1 heterocycles. The van der Waals surface area contributed by atoms with E-state index in [0.29, 0.717) is 16.8 Å². The summed E-state index contributed by atoms with van der Waals surface area (Å²) in [4.78, 5) is 7.43. The Kier molecular flexibility index (Phi) is 3.01. The van der Waals surface area contributed by atoms with Gasteiger partial charge in [0.2, 0.25) is 0 Å². The van der Waals surface area contributed by atoms with Crippen LogP contribution < -0.4 is 9.47 Å². The summed E-state index contributed by atoms with van der Waals surface area (Å²) in [6.07, 6.45) is 0. The fraction of sp³-hybridized carbons (Fsp3) is 0.0714. The molecule has 0 saturated carbocycles. The number of methoxy groups -OCH3 is 1. The Hall–Kier alpha value is -2.20. The van der Waals surface area contributed by atoms with Crippen molar-refractivity contribution in [2.45, 2.75) is 0 Å². The van der Waals surface area contributed by atoms with Gasteiger partial charge in [-0.3, -0.25) is 0 Å². The molecule has 2 aromatic carbocycles. The van der Waals surface area contributed by atoms with Gasteiger partial charge in [0.25, 0.3) is 6.01 Å². The summed E-state index contributed by atoms with van der Waals surface area (Å²) >= 11 is 5.82. The number of H-pyrrole nitrogens is 1. The van der Waals surface area contributed by atoms with Crippen LogP contribution >= 0.6 is 11.6 Å². The number of fused-ring (bicyclic) bond motifs is 1. The van der Waals surface area contributed by atoms with Gasteiger partial charge in [0.15, 0.2) is 0 Å². The lowest BCUT2D eigenvalue weighted by molar-refractivity contribution is 0.415. The molecule has 0 aliphatic carbocycles. The average Bonchev–Trinajstić information content (AvgIpc) is 2.82. The molecule has 0 radical (unpaired) electrons. The van der Waals surface area contributed by atoms with Gasteiger partial charge in [-0.25, -0.2) is 0 Å². The van der Waals surface area contributed by atoms with Crippen molar-refractivity contribution in [1.82, 2.24) is 9.97 Å². The maximum absolute atomic E-state index is 5.82. The molecule has 3 rings (SSSR count). The third-order valence-electron chi connectivity index (χ3n) is 2.70. The van der Waals surface area contributed by atoms with Crippen molar-refractivity contribution >= 4 is 22.6 Å². The quantitative estimate of drug-likeness (QED) is 0.785. The van der Waals surface area contributed by atoms with Crippen LogP contribution in [0.3, 0.4) is 0 Å². The van der Waals surface area contributed by atoms with E-state index in [1.165, 1.54) is 0 Å². The lowest BCUT2D eigenvalue weighted by Crippen LogP contribution is -1.85.